The summed E-state index contributed by atoms with van der Waals surface area (Å²) >= 11 is 5.55. The van der Waals surface area contributed by atoms with Crippen molar-refractivity contribution in [1.29, 1.82) is 0 Å². The van der Waals surface area contributed by atoms with Crippen molar-refractivity contribution in [2.24, 2.45) is 0 Å². The molecule has 0 aliphatic heterocycles. The first kappa shape index (κ1) is 16.8. The molecule has 0 fully saturated rings. The van der Waals surface area contributed by atoms with Crippen molar-refractivity contribution in [3.8, 4) is 17.6 Å². The Balaban J connectivity index is 2.66. The van der Waals surface area contributed by atoms with Crippen LogP contribution in [0.1, 0.15) is 32.3 Å². The van der Waals surface area contributed by atoms with E-state index in [1.165, 1.54) is 6.07 Å². The summed E-state index contributed by atoms with van der Waals surface area (Å²) < 4.78 is 24.4. The number of methoxy groups -OCH3 is 1. The Morgan fingerprint density at radius 2 is 2.10 bits per heavy atom. The fourth-order valence-electron chi connectivity index (χ4n) is 1.41. The molecule has 1 aromatic rings. The van der Waals surface area contributed by atoms with Crippen molar-refractivity contribution in [1.82, 2.24) is 0 Å². The SMILES string of the molecule is COC(C)(C)CCOc1cc(C#CCCCl)ccc1F. The van der Waals surface area contributed by atoms with Crippen molar-refractivity contribution in [2.45, 2.75) is 32.3 Å². The van der Waals surface area contributed by atoms with Gasteiger partial charge in [-0.05, 0) is 32.0 Å². The van der Waals surface area contributed by atoms with Gasteiger partial charge in [0.05, 0.1) is 12.2 Å². The highest BCUT2D eigenvalue weighted by molar-refractivity contribution is 6.18. The highest BCUT2D eigenvalue weighted by Gasteiger charge is 2.16. The summed E-state index contributed by atoms with van der Waals surface area (Å²) in [6.45, 7) is 4.30. The lowest BCUT2D eigenvalue weighted by Gasteiger charge is -2.22. The van der Waals surface area contributed by atoms with Gasteiger partial charge in [-0.2, -0.15) is 0 Å². The molecule has 1 rings (SSSR count). The van der Waals surface area contributed by atoms with Gasteiger partial charge in [-0.25, -0.2) is 4.39 Å². The van der Waals surface area contributed by atoms with Crippen molar-refractivity contribution in [3.63, 3.8) is 0 Å². The van der Waals surface area contributed by atoms with E-state index in [9.17, 15) is 4.39 Å². The van der Waals surface area contributed by atoms with E-state index in [-0.39, 0.29) is 17.2 Å². The summed E-state index contributed by atoms with van der Waals surface area (Å²) in [5.41, 5.74) is 0.436. The molecule has 0 aromatic heterocycles. The van der Waals surface area contributed by atoms with Crippen LogP contribution in [0, 0.1) is 17.7 Å². The van der Waals surface area contributed by atoms with E-state index >= 15 is 0 Å². The monoisotopic (exact) mass is 298 g/mol. The number of hydrogen-bond acceptors (Lipinski definition) is 2. The van der Waals surface area contributed by atoms with Gasteiger partial charge < -0.3 is 9.47 Å². The molecule has 0 bridgehead atoms. The minimum absolute atomic E-state index is 0.217. The van der Waals surface area contributed by atoms with Crippen LogP contribution in [0.3, 0.4) is 0 Å². The molecule has 2 nitrogen and oxygen atoms in total. The van der Waals surface area contributed by atoms with Crippen LogP contribution in [0.25, 0.3) is 0 Å². The number of alkyl halides is 1. The summed E-state index contributed by atoms with van der Waals surface area (Å²) in [6, 6.07) is 4.60. The van der Waals surface area contributed by atoms with E-state index in [0.717, 1.165) is 5.56 Å². The molecule has 0 radical (unpaired) electrons. The summed E-state index contributed by atoms with van der Waals surface area (Å²) in [5.74, 6) is 6.15. The zero-order chi connectivity index (χ0) is 15.0. The molecule has 0 N–H and O–H groups in total. The molecule has 0 saturated heterocycles. The largest absolute Gasteiger partial charge is 0.490 e. The van der Waals surface area contributed by atoms with E-state index in [1.54, 1.807) is 19.2 Å². The van der Waals surface area contributed by atoms with Crippen molar-refractivity contribution >= 4 is 11.6 Å². The average Bonchev–Trinajstić information content (AvgIpc) is 2.42. The van der Waals surface area contributed by atoms with E-state index < -0.39 is 0 Å². The number of halogens is 2. The van der Waals surface area contributed by atoms with Crippen LogP contribution in [-0.4, -0.2) is 25.2 Å². The molecule has 20 heavy (non-hydrogen) atoms. The van der Waals surface area contributed by atoms with Gasteiger partial charge >= 0.3 is 0 Å². The molecule has 0 aliphatic carbocycles. The molecule has 0 heterocycles. The standard InChI is InChI=1S/C16H20ClFO2/c1-16(2,19-3)9-11-20-15-12-13(6-4-5-10-17)7-8-14(15)18/h7-8,12H,5,9-11H2,1-3H3. The molecular weight excluding hydrogens is 279 g/mol. The van der Waals surface area contributed by atoms with Crippen LogP contribution in [0.5, 0.6) is 5.75 Å². The highest BCUT2D eigenvalue weighted by Crippen LogP contribution is 2.20. The van der Waals surface area contributed by atoms with Crippen LogP contribution in [-0.2, 0) is 4.74 Å². The Labute approximate surface area is 125 Å². The highest BCUT2D eigenvalue weighted by atomic mass is 35.5. The van der Waals surface area contributed by atoms with Crippen molar-refractivity contribution < 1.29 is 13.9 Å². The lowest BCUT2D eigenvalue weighted by Crippen LogP contribution is -2.25. The lowest BCUT2D eigenvalue weighted by atomic mass is 10.1. The normalized spacial score (nSPS) is 10.8. The third-order valence-corrected chi connectivity index (χ3v) is 3.09. The maximum absolute atomic E-state index is 13.6. The molecule has 4 heteroatoms. The second-order valence-corrected chi connectivity index (χ2v) is 5.33. The van der Waals surface area contributed by atoms with Crippen molar-refractivity contribution in [3.05, 3.63) is 29.6 Å². The first-order valence-corrected chi connectivity index (χ1v) is 7.04. The van der Waals surface area contributed by atoms with E-state index in [4.69, 9.17) is 21.1 Å². The van der Waals surface area contributed by atoms with Gasteiger partial charge in [0.2, 0.25) is 0 Å². The van der Waals surface area contributed by atoms with Crippen molar-refractivity contribution in [2.75, 3.05) is 19.6 Å². The number of hydrogen-bond donors (Lipinski definition) is 0. The maximum atomic E-state index is 13.6. The second kappa shape index (κ2) is 8.14. The Morgan fingerprint density at radius 1 is 1.35 bits per heavy atom. The molecule has 1 aromatic carbocycles. The summed E-state index contributed by atoms with van der Waals surface area (Å²) in [6.07, 6.45) is 1.28. The Kier molecular flexibility index (Phi) is 6.84. The zero-order valence-corrected chi connectivity index (χ0v) is 12.9. The lowest BCUT2D eigenvalue weighted by molar-refractivity contribution is 0.00514. The van der Waals surface area contributed by atoms with Gasteiger partial charge in [0.25, 0.3) is 0 Å². The second-order valence-electron chi connectivity index (χ2n) is 4.95. The minimum Gasteiger partial charge on any atom is -0.490 e. The molecule has 0 atom stereocenters. The summed E-state index contributed by atoms with van der Waals surface area (Å²) in [7, 11) is 1.65. The summed E-state index contributed by atoms with van der Waals surface area (Å²) in [4.78, 5) is 0. The Bertz CT molecular complexity index is 489. The number of benzene rings is 1. The predicted molar refractivity (Wildman–Crippen MR) is 79.8 cm³/mol. The van der Waals surface area contributed by atoms with Crippen LogP contribution < -0.4 is 4.74 Å². The van der Waals surface area contributed by atoms with Gasteiger partial charge in [-0.3, -0.25) is 0 Å². The topological polar surface area (TPSA) is 18.5 Å². The maximum Gasteiger partial charge on any atom is 0.165 e. The van der Waals surface area contributed by atoms with Gasteiger partial charge in [-0.15, -0.1) is 11.6 Å². The quantitative estimate of drug-likeness (QED) is 0.584. The van der Waals surface area contributed by atoms with Crippen LogP contribution >= 0.6 is 11.6 Å². The fraction of sp³-hybridized carbons (Fsp3) is 0.500. The average molecular weight is 299 g/mol. The fourth-order valence-corrected chi connectivity index (χ4v) is 1.51. The Hall–Kier alpha value is -1.24. The molecule has 0 unspecified atom stereocenters. The van der Waals surface area contributed by atoms with Crippen LogP contribution in [0.4, 0.5) is 4.39 Å². The number of rotatable bonds is 6. The molecule has 0 spiro atoms. The first-order chi connectivity index (χ1) is 9.48. The molecule has 110 valence electrons. The minimum atomic E-state index is -0.386. The zero-order valence-electron chi connectivity index (χ0n) is 12.1. The first-order valence-electron chi connectivity index (χ1n) is 6.51. The van der Waals surface area contributed by atoms with Gasteiger partial charge in [0, 0.05) is 31.4 Å². The van der Waals surface area contributed by atoms with E-state index in [2.05, 4.69) is 11.8 Å². The Morgan fingerprint density at radius 3 is 2.75 bits per heavy atom. The third kappa shape index (κ3) is 5.81. The van der Waals surface area contributed by atoms with Gasteiger partial charge in [0.1, 0.15) is 0 Å². The van der Waals surface area contributed by atoms with Gasteiger partial charge in [0.15, 0.2) is 11.6 Å². The van der Waals surface area contributed by atoms with E-state index in [1.807, 2.05) is 13.8 Å². The number of ether oxygens (including phenoxy) is 2. The smallest absolute Gasteiger partial charge is 0.165 e. The third-order valence-electron chi connectivity index (χ3n) is 2.90. The summed E-state index contributed by atoms with van der Waals surface area (Å²) in [5, 5.41) is 0. The van der Waals surface area contributed by atoms with Crippen LogP contribution in [0.2, 0.25) is 0 Å². The molecule has 0 amide bonds. The predicted octanol–water partition coefficient (Wildman–Crippen LogP) is 4.00. The molecule has 0 saturated carbocycles. The molecular formula is C16H20ClFO2. The van der Waals surface area contributed by atoms with Crippen LogP contribution in [0.15, 0.2) is 18.2 Å². The van der Waals surface area contributed by atoms with Gasteiger partial charge in [-0.1, -0.05) is 11.8 Å². The molecule has 0 aliphatic rings. The van der Waals surface area contributed by atoms with E-state index in [0.29, 0.717) is 25.3 Å².